The summed E-state index contributed by atoms with van der Waals surface area (Å²) in [7, 11) is 0. The number of aliphatic hydroxyl groups is 1. The topological polar surface area (TPSA) is 37.3 Å². The Bertz CT molecular complexity index is 254. The largest absolute Gasteiger partial charge is 0.388 e. The van der Waals surface area contributed by atoms with E-state index in [0.29, 0.717) is 0 Å². The van der Waals surface area contributed by atoms with E-state index in [-0.39, 0.29) is 12.2 Å². The van der Waals surface area contributed by atoms with Crippen LogP contribution < -0.4 is 0 Å². The molecule has 0 heterocycles. The van der Waals surface area contributed by atoms with E-state index < -0.39 is 6.10 Å². The van der Waals surface area contributed by atoms with Gasteiger partial charge in [-0.3, -0.25) is 4.79 Å². The number of carbonyl (C=O) groups excluding carboxylic acids is 1. The summed E-state index contributed by atoms with van der Waals surface area (Å²) in [4.78, 5) is 10.7. The van der Waals surface area contributed by atoms with Gasteiger partial charge in [0, 0.05) is 6.42 Å². The average molecular weight is 164 g/mol. The molecule has 2 nitrogen and oxygen atoms in total. The van der Waals surface area contributed by atoms with Crippen LogP contribution in [0.5, 0.6) is 0 Å². The van der Waals surface area contributed by atoms with Crippen LogP contribution in [0.4, 0.5) is 0 Å². The smallest absolute Gasteiger partial charge is 0.132 e. The molecule has 0 saturated heterocycles. The minimum atomic E-state index is -0.649. The molecule has 0 aromatic heterocycles. The van der Waals surface area contributed by atoms with E-state index in [1.54, 1.807) is 0 Å². The van der Waals surface area contributed by atoms with Crippen molar-refractivity contribution in [3.05, 3.63) is 35.9 Å². The normalized spacial score (nSPS) is 12.5. The predicted octanol–water partition coefficient (Wildman–Crippen LogP) is 1.70. The fourth-order valence-corrected chi connectivity index (χ4v) is 1.07. The van der Waals surface area contributed by atoms with Gasteiger partial charge >= 0.3 is 0 Å². The van der Waals surface area contributed by atoms with Gasteiger partial charge in [-0.1, -0.05) is 30.3 Å². The van der Waals surface area contributed by atoms with E-state index in [9.17, 15) is 9.90 Å². The molecule has 0 aliphatic carbocycles. The Balaban J connectivity index is 2.65. The zero-order chi connectivity index (χ0) is 8.97. The van der Waals surface area contributed by atoms with Gasteiger partial charge in [0.05, 0.1) is 6.10 Å². The highest BCUT2D eigenvalue weighted by atomic mass is 16.3. The quantitative estimate of drug-likeness (QED) is 0.738. The zero-order valence-corrected chi connectivity index (χ0v) is 7.03. The number of hydrogen-bond donors (Lipinski definition) is 1. The molecule has 1 aromatic carbocycles. The lowest BCUT2D eigenvalue weighted by molar-refractivity contribution is -0.118. The molecule has 1 N–H and O–H groups in total. The summed E-state index contributed by atoms with van der Waals surface area (Å²) in [6.45, 7) is 1.48. The van der Waals surface area contributed by atoms with Crippen molar-refractivity contribution in [3.8, 4) is 0 Å². The minimum absolute atomic E-state index is 0.00588. The van der Waals surface area contributed by atoms with Crippen molar-refractivity contribution in [1.82, 2.24) is 0 Å². The summed E-state index contributed by atoms with van der Waals surface area (Å²) in [5.41, 5.74) is 0.799. The lowest BCUT2D eigenvalue weighted by Crippen LogP contribution is -2.02. The van der Waals surface area contributed by atoms with Crippen molar-refractivity contribution >= 4 is 5.78 Å². The molecule has 1 rings (SSSR count). The van der Waals surface area contributed by atoms with Crippen LogP contribution in [0.2, 0.25) is 0 Å². The summed E-state index contributed by atoms with van der Waals surface area (Å²) in [6, 6.07) is 9.20. The highest BCUT2D eigenvalue weighted by Gasteiger charge is 2.08. The van der Waals surface area contributed by atoms with Crippen molar-refractivity contribution < 1.29 is 9.90 Å². The second-order valence-corrected chi connectivity index (χ2v) is 2.83. The van der Waals surface area contributed by atoms with Gasteiger partial charge in [-0.15, -0.1) is 0 Å². The Morgan fingerprint density at radius 3 is 2.50 bits per heavy atom. The fourth-order valence-electron chi connectivity index (χ4n) is 1.07. The van der Waals surface area contributed by atoms with Gasteiger partial charge in [-0.2, -0.15) is 0 Å². The molecule has 0 fully saturated rings. The first-order valence-electron chi connectivity index (χ1n) is 3.92. The Morgan fingerprint density at radius 2 is 2.00 bits per heavy atom. The fraction of sp³-hybridized carbons (Fsp3) is 0.300. The van der Waals surface area contributed by atoms with Crippen LogP contribution in [0.25, 0.3) is 0 Å². The van der Waals surface area contributed by atoms with E-state index in [4.69, 9.17) is 0 Å². The van der Waals surface area contributed by atoms with E-state index in [0.717, 1.165) is 5.56 Å². The van der Waals surface area contributed by atoms with Crippen molar-refractivity contribution in [1.29, 1.82) is 0 Å². The summed E-state index contributed by atoms with van der Waals surface area (Å²) >= 11 is 0. The van der Waals surface area contributed by atoms with Crippen molar-refractivity contribution in [2.24, 2.45) is 0 Å². The van der Waals surface area contributed by atoms with Crippen LogP contribution in [0.3, 0.4) is 0 Å². The zero-order valence-electron chi connectivity index (χ0n) is 7.03. The molecule has 0 amide bonds. The first kappa shape index (κ1) is 8.94. The number of ketones is 1. The lowest BCUT2D eigenvalue weighted by atomic mass is 10.1. The van der Waals surface area contributed by atoms with E-state index in [2.05, 4.69) is 0 Å². The molecule has 0 aliphatic rings. The maximum Gasteiger partial charge on any atom is 0.132 e. The van der Waals surface area contributed by atoms with E-state index >= 15 is 0 Å². The molecule has 12 heavy (non-hydrogen) atoms. The van der Waals surface area contributed by atoms with E-state index in [1.165, 1.54) is 6.92 Å². The Labute approximate surface area is 71.8 Å². The summed E-state index contributed by atoms with van der Waals surface area (Å²) in [6.07, 6.45) is -0.451. The molecule has 0 spiro atoms. The van der Waals surface area contributed by atoms with Crippen LogP contribution in [-0.4, -0.2) is 10.9 Å². The third-order valence-electron chi connectivity index (χ3n) is 1.67. The van der Waals surface area contributed by atoms with Crippen LogP contribution in [0, 0.1) is 0 Å². The number of rotatable bonds is 3. The van der Waals surface area contributed by atoms with Crippen molar-refractivity contribution in [2.45, 2.75) is 19.4 Å². The molecule has 0 saturated carbocycles. The van der Waals surface area contributed by atoms with Gasteiger partial charge in [0.15, 0.2) is 0 Å². The average Bonchev–Trinajstić information content (AvgIpc) is 2.05. The minimum Gasteiger partial charge on any atom is -0.388 e. The third kappa shape index (κ3) is 2.47. The summed E-state index contributed by atoms with van der Waals surface area (Å²) < 4.78 is 0. The molecule has 0 unspecified atom stereocenters. The highest BCUT2D eigenvalue weighted by Crippen LogP contribution is 2.15. The standard InChI is InChI=1S/C10H12O2/c1-8(11)7-10(12)9-5-3-2-4-6-9/h2-6,10,12H,7H2,1H3/t10-/m0/s1. The van der Waals surface area contributed by atoms with E-state index in [1.807, 2.05) is 30.3 Å². The number of aliphatic hydroxyl groups excluding tert-OH is 1. The Kier molecular flexibility index (Phi) is 3.00. The van der Waals surface area contributed by atoms with Gasteiger partial charge < -0.3 is 5.11 Å². The van der Waals surface area contributed by atoms with Gasteiger partial charge in [-0.25, -0.2) is 0 Å². The predicted molar refractivity (Wildman–Crippen MR) is 46.7 cm³/mol. The molecule has 0 bridgehead atoms. The van der Waals surface area contributed by atoms with Crippen LogP contribution >= 0.6 is 0 Å². The molecular weight excluding hydrogens is 152 g/mol. The van der Waals surface area contributed by atoms with Crippen molar-refractivity contribution in [3.63, 3.8) is 0 Å². The van der Waals surface area contributed by atoms with Gasteiger partial charge in [-0.05, 0) is 12.5 Å². The number of carbonyl (C=O) groups is 1. The summed E-state index contributed by atoms with van der Waals surface area (Å²) in [5, 5.41) is 9.47. The molecule has 1 aromatic rings. The van der Waals surface area contributed by atoms with Crippen LogP contribution in [0.15, 0.2) is 30.3 Å². The maximum absolute atomic E-state index is 10.7. The second kappa shape index (κ2) is 4.02. The number of Topliss-reactive ketones (excluding diaryl/α,β-unsaturated/α-hetero) is 1. The van der Waals surface area contributed by atoms with Crippen LogP contribution in [-0.2, 0) is 4.79 Å². The molecule has 2 heteroatoms. The number of benzene rings is 1. The summed E-state index contributed by atoms with van der Waals surface area (Å²) in [5.74, 6) is 0.00588. The van der Waals surface area contributed by atoms with Crippen molar-refractivity contribution in [2.75, 3.05) is 0 Å². The first-order valence-corrected chi connectivity index (χ1v) is 3.92. The SMILES string of the molecule is CC(=O)C[C@H](O)c1ccccc1. The monoisotopic (exact) mass is 164 g/mol. The molecule has 0 radical (unpaired) electrons. The van der Waals surface area contributed by atoms with Crippen LogP contribution in [0.1, 0.15) is 25.0 Å². The highest BCUT2D eigenvalue weighted by molar-refractivity contribution is 5.76. The second-order valence-electron chi connectivity index (χ2n) is 2.83. The first-order chi connectivity index (χ1) is 5.70. The maximum atomic E-state index is 10.7. The Morgan fingerprint density at radius 1 is 1.42 bits per heavy atom. The molecule has 0 aliphatic heterocycles. The molecule has 64 valence electrons. The van der Waals surface area contributed by atoms with Gasteiger partial charge in [0.25, 0.3) is 0 Å². The Hall–Kier alpha value is -1.15. The molecular formula is C10H12O2. The third-order valence-corrected chi connectivity index (χ3v) is 1.67. The lowest BCUT2D eigenvalue weighted by Gasteiger charge is -2.07. The van der Waals surface area contributed by atoms with Gasteiger partial charge in [0.1, 0.15) is 5.78 Å². The number of hydrogen-bond acceptors (Lipinski definition) is 2. The molecule has 1 atom stereocenters. The van der Waals surface area contributed by atoms with Gasteiger partial charge in [0.2, 0.25) is 0 Å².